The summed E-state index contributed by atoms with van der Waals surface area (Å²) >= 11 is 1.58. The van der Waals surface area contributed by atoms with Crippen molar-refractivity contribution in [2.45, 2.75) is 38.7 Å². The van der Waals surface area contributed by atoms with Gasteiger partial charge in [0, 0.05) is 23.3 Å². The molecule has 1 saturated heterocycles. The predicted molar refractivity (Wildman–Crippen MR) is 81.0 cm³/mol. The van der Waals surface area contributed by atoms with Crippen LogP contribution in [0.3, 0.4) is 0 Å². The second-order valence-corrected chi connectivity index (χ2v) is 6.49. The lowest BCUT2D eigenvalue weighted by molar-refractivity contribution is -0.136. The Morgan fingerprint density at radius 3 is 2.86 bits per heavy atom. The summed E-state index contributed by atoms with van der Waals surface area (Å²) in [5.41, 5.74) is 1.64. The highest BCUT2D eigenvalue weighted by Gasteiger charge is 2.32. The number of carbonyl (C=O) groups excluding carboxylic acids is 3. The van der Waals surface area contributed by atoms with Crippen molar-refractivity contribution in [3.63, 3.8) is 0 Å². The zero-order chi connectivity index (χ0) is 15.7. The van der Waals surface area contributed by atoms with Gasteiger partial charge in [-0.25, -0.2) is 9.59 Å². The number of imide groups is 1. The van der Waals surface area contributed by atoms with E-state index in [9.17, 15) is 14.4 Å². The first-order chi connectivity index (χ1) is 10.6. The summed E-state index contributed by atoms with van der Waals surface area (Å²) < 4.78 is 5.28. The molecule has 3 amide bonds. The number of hydrogen-bond donors (Lipinski definition) is 1. The lowest BCUT2D eigenvalue weighted by atomic mass is 9.96. The molecule has 2 aliphatic rings. The van der Waals surface area contributed by atoms with Gasteiger partial charge in [-0.3, -0.25) is 9.69 Å². The Hall–Kier alpha value is -1.89. The van der Waals surface area contributed by atoms with Crippen LogP contribution in [-0.2, 0) is 22.4 Å². The Kier molecular flexibility index (Phi) is 4.15. The van der Waals surface area contributed by atoms with Crippen LogP contribution in [0.1, 0.15) is 40.6 Å². The molecule has 0 bridgehead atoms. The number of urea groups is 1. The van der Waals surface area contributed by atoms with E-state index in [1.807, 2.05) is 5.38 Å². The third-order valence-corrected chi connectivity index (χ3v) is 5.12. The van der Waals surface area contributed by atoms with Gasteiger partial charge in [-0.1, -0.05) is 0 Å². The summed E-state index contributed by atoms with van der Waals surface area (Å²) in [6.45, 7) is 2.25. The van der Waals surface area contributed by atoms with Gasteiger partial charge in [0.1, 0.15) is 0 Å². The fourth-order valence-electron chi connectivity index (χ4n) is 2.84. The van der Waals surface area contributed by atoms with E-state index in [1.165, 1.54) is 11.8 Å². The van der Waals surface area contributed by atoms with Crippen molar-refractivity contribution in [1.29, 1.82) is 0 Å². The summed E-state index contributed by atoms with van der Waals surface area (Å²) in [7, 11) is 0. The van der Waals surface area contributed by atoms with E-state index in [2.05, 4.69) is 5.32 Å². The minimum atomic E-state index is -0.963. The van der Waals surface area contributed by atoms with Crippen LogP contribution in [0.25, 0.3) is 0 Å². The van der Waals surface area contributed by atoms with E-state index in [1.54, 1.807) is 11.3 Å². The molecule has 3 rings (SSSR count). The molecule has 7 heteroatoms. The second kappa shape index (κ2) is 6.08. The van der Waals surface area contributed by atoms with Gasteiger partial charge in [0.25, 0.3) is 5.91 Å². The van der Waals surface area contributed by atoms with Crippen LogP contribution in [0.15, 0.2) is 5.38 Å². The number of nitrogens with zero attached hydrogens (tertiary/aromatic N) is 1. The highest BCUT2D eigenvalue weighted by Crippen LogP contribution is 2.30. The van der Waals surface area contributed by atoms with Crippen LogP contribution < -0.4 is 5.32 Å². The Labute approximate surface area is 132 Å². The fourth-order valence-corrected chi connectivity index (χ4v) is 3.96. The molecule has 1 aromatic rings. The number of fused-ring (bicyclic) bond motifs is 1. The van der Waals surface area contributed by atoms with Crippen molar-refractivity contribution in [2.75, 3.05) is 13.1 Å². The molecule has 0 unspecified atom stereocenters. The summed E-state index contributed by atoms with van der Waals surface area (Å²) in [5.74, 6) is -0.952. The SMILES string of the molecule is C[C@H](OC(=O)c1csc2c1CCCC2)C(=O)N1CCNC1=O. The monoisotopic (exact) mass is 322 g/mol. The molecular weight excluding hydrogens is 304 g/mol. The zero-order valence-corrected chi connectivity index (χ0v) is 13.2. The molecule has 0 spiro atoms. The predicted octanol–water partition coefficient (Wildman–Crippen LogP) is 1.72. The average molecular weight is 322 g/mol. The smallest absolute Gasteiger partial charge is 0.340 e. The normalized spacial score (nSPS) is 18.6. The molecule has 118 valence electrons. The quantitative estimate of drug-likeness (QED) is 0.860. The molecule has 1 aromatic heterocycles. The number of carbonyl (C=O) groups is 3. The van der Waals surface area contributed by atoms with Gasteiger partial charge in [0.2, 0.25) is 0 Å². The number of esters is 1. The van der Waals surface area contributed by atoms with Crippen LogP contribution in [0, 0.1) is 0 Å². The van der Waals surface area contributed by atoms with E-state index in [0.29, 0.717) is 18.7 Å². The van der Waals surface area contributed by atoms with Crippen molar-refractivity contribution in [3.8, 4) is 0 Å². The number of aryl methyl sites for hydroxylation is 1. The number of ether oxygens (including phenoxy) is 1. The first-order valence-corrected chi connectivity index (χ1v) is 8.35. The first kappa shape index (κ1) is 15.0. The lowest BCUT2D eigenvalue weighted by Gasteiger charge is -2.18. The Morgan fingerprint density at radius 1 is 1.36 bits per heavy atom. The maximum Gasteiger partial charge on any atom is 0.340 e. The lowest BCUT2D eigenvalue weighted by Crippen LogP contribution is -2.41. The van der Waals surface area contributed by atoms with E-state index in [0.717, 1.165) is 36.1 Å². The minimum absolute atomic E-state index is 0.313. The van der Waals surface area contributed by atoms with Gasteiger partial charge in [-0.15, -0.1) is 11.3 Å². The van der Waals surface area contributed by atoms with E-state index in [4.69, 9.17) is 4.74 Å². The molecule has 1 aliphatic heterocycles. The molecule has 1 atom stereocenters. The van der Waals surface area contributed by atoms with Gasteiger partial charge in [0.15, 0.2) is 6.10 Å². The van der Waals surface area contributed by atoms with Gasteiger partial charge >= 0.3 is 12.0 Å². The molecule has 1 fully saturated rings. The van der Waals surface area contributed by atoms with Gasteiger partial charge in [0.05, 0.1) is 5.56 Å². The maximum atomic E-state index is 12.3. The fraction of sp³-hybridized carbons (Fsp3) is 0.533. The number of amides is 3. The number of nitrogens with one attached hydrogen (secondary N) is 1. The number of thiophene rings is 1. The van der Waals surface area contributed by atoms with Crippen LogP contribution in [0.5, 0.6) is 0 Å². The Morgan fingerprint density at radius 2 is 2.14 bits per heavy atom. The molecule has 0 radical (unpaired) electrons. The van der Waals surface area contributed by atoms with E-state index < -0.39 is 24.0 Å². The van der Waals surface area contributed by atoms with Crippen LogP contribution in [0.2, 0.25) is 0 Å². The first-order valence-electron chi connectivity index (χ1n) is 7.47. The Balaban J connectivity index is 1.67. The molecule has 1 aliphatic carbocycles. The molecule has 6 nitrogen and oxygen atoms in total. The minimum Gasteiger partial charge on any atom is -0.449 e. The summed E-state index contributed by atoms with van der Waals surface area (Å²) in [5, 5.41) is 4.37. The van der Waals surface area contributed by atoms with Crippen LogP contribution in [0.4, 0.5) is 4.79 Å². The van der Waals surface area contributed by atoms with Crippen molar-refractivity contribution in [2.24, 2.45) is 0 Å². The Bertz CT molecular complexity index is 625. The van der Waals surface area contributed by atoms with Crippen LogP contribution in [-0.4, -0.2) is 42.0 Å². The van der Waals surface area contributed by atoms with Gasteiger partial charge in [-0.05, 0) is 38.2 Å². The molecule has 22 heavy (non-hydrogen) atoms. The van der Waals surface area contributed by atoms with Crippen molar-refractivity contribution >= 4 is 29.2 Å². The zero-order valence-electron chi connectivity index (χ0n) is 12.4. The van der Waals surface area contributed by atoms with Crippen LogP contribution >= 0.6 is 11.3 Å². The standard InChI is InChI=1S/C15H18N2O4S/c1-9(13(18)17-7-6-16-15(17)20)21-14(19)11-8-22-12-5-3-2-4-10(11)12/h8-9H,2-7H2,1H3,(H,16,20)/t9-/m0/s1. The third-order valence-electron chi connectivity index (χ3n) is 4.04. The van der Waals surface area contributed by atoms with Crippen molar-refractivity contribution in [3.05, 3.63) is 21.4 Å². The second-order valence-electron chi connectivity index (χ2n) is 5.53. The van der Waals surface area contributed by atoms with E-state index >= 15 is 0 Å². The van der Waals surface area contributed by atoms with Gasteiger partial charge < -0.3 is 10.1 Å². The molecule has 1 N–H and O–H groups in total. The highest BCUT2D eigenvalue weighted by atomic mass is 32.1. The molecule has 0 aromatic carbocycles. The largest absolute Gasteiger partial charge is 0.449 e. The summed E-state index contributed by atoms with van der Waals surface area (Å²) in [6, 6.07) is -0.430. The number of hydrogen-bond acceptors (Lipinski definition) is 5. The summed E-state index contributed by atoms with van der Waals surface area (Å²) in [6.07, 6.45) is 3.17. The van der Waals surface area contributed by atoms with Gasteiger partial charge in [-0.2, -0.15) is 0 Å². The molecule has 0 saturated carbocycles. The summed E-state index contributed by atoms with van der Waals surface area (Å²) in [4.78, 5) is 38.3. The molecular formula is C15H18N2O4S. The average Bonchev–Trinajstić information content (AvgIpc) is 3.12. The number of rotatable bonds is 3. The maximum absolute atomic E-state index is 12.3. The van der Waals surface area contributed by atoms with E-state index in [-0.39, 0.29) is 0 Å². The topological polar surface area (TPSA) is 75.7 Å². The molecule has 2 heterocycles. The highest BCUT2D eigenvalue weighted by molar-refractivity contribution is 7.10. The van der Waals surface area contributed by atoms with Crippen molar-refractivity contribution < 1.29 is 19.1 Å². The third kappa shape index (κ3) is 2.72. The van der Waals surface area contributed by atoms with Crippen molar-refractivity contribution in [1.82, 2.24) is 10.2 Å².